The first-order chi connectivity index (χ1) is 28.2. The van der Waals surface area contributed by atoms with Gasteiger partial charge in [-0.3, -0.25) is 0 Å². The second kappa shape index (κ2) is 14.6. The molecule has 9 aromatic carbocycles. The zero-order valence-electron chi connectivity index (χ0n) is 31.7. The van der Waals surface area contributed by atoms with Gasteiger partial charge in [0, 0.05) is 26.9 Å². The molecule has 270 valence electrons. The highest BCUT2D eigenvalue weighted by Crippen LogP contribution is 2.45. The molecule has 0 amide bonds. The molecule has 0 N–H and O–H groups in total. The van der Waals surface area contributed by atoms with E-state index in [0.29, 0.717) is 0 Å². The van der Waals surface area contributed by atoms with Gasteiger partial charge >= 0.3 is 0 Å². The predicted octanol–water partition coefficient (Wildman–Crippen LogP) is 16.2. The Morgan fingerprint density at radius 3 is 1.88 bits per heavy atom. The number of fused-ring (bicyclic) bond motifs is 7. The van der Waals surface area contributed by atoms with Crippen LogP contribution in [0.1, 0.15) is 12.5 Å². The van der Waals surface area contributed by atoms with Crippen molar-refractivity contribution in [2.75, 3.05) is 4.90 Å². The monoisotopic (exact) mass is 745 g/mol. The van der Waals surface area contributed by atoms with Crippen LogP contribution in [0, 0.1) is 0 Å². The molecule has 1 heterocycles. The lowest BCUT2D eigenvalue weighted by Gasteiger charge is -2.27. The van der Waals surface area contributed by atoms with Gasteiger partial charge in [0.15, 0.2) is 0 Å². The Kier molecular flexibility index (Phi) is 8.82. The molecule has 0 radical (unpaired) electrons. The molecule has 1 nitrogen and oxygen atoms in total. The fraction of sp³-hybridized carbons (Fsp3) is 0.0182. The van der Waals surface area contributed by atoms with Crippen LogP contribution in [0.25, 0.3) is 80.3 Å². The Labute approximate surface area is 337 Å². The van der Waals surface area contributed by atoms with Crippen molar-refractivity contribution in [3.05, 3.63) is 224 Å². The third-order valence-electron chi connectivity index (χ3n) is 11.2. The quantitative estimate of drug-likeness (QED) is 0.111. The number of nitrogens with zero attached hydrogens (tertiary/aromatic N) is 1. The highest BCUT2D eigenvalue weighted by molar-refractivity contribution is 7.26. The summed E-state index contributed by atoms with van der Waals surface area (Å²) >= 11 is 1.85. The molecule has 57 heavy (non-hydrogen) atoms. The number of hydrogen-bond acceptors (Lipinski definition) is 2. The minimum absolute atomic E-state index is 0.994. The van der Waals surface area contributed by atoms with E-state index in [9.17, 15) is 0 Å². The number of hydrogen-bond donors (Lipinski definition) is 0. The van der Waals surface area contributed by atoms with E-state index < -0.39 is 0 Å². The van der Waals surface area contributed by atoms with Gasteiger partial charge in [-0.15, -0.1) is 11.3 Å². The largest absolute Gasteiger partial charge is 0.309 e. The van der Waals surface area contributed by atoms with Gasteiger partial charge in [-0.05, 0) is 109 Å². The van der Waals surface area contributed by atoms with Crippen molar-refractivity contribution in [3.8, 4) is 22.3 Å². The van der Waals surface area contributed by atoms with Crippen LogP contribution >= 0.6 is 11.3 Å². The normalized spacial score (nSPS) is 12.2. The molecule has 0 atom stereocenters. The fourth-order valence-electron chi connectivity index (χ4n) is 8.50. The molecule has 2 heteroatoms. The van der Waals surface area contributed by atoms with Crippen LogP contribution in [0.3, 0.4) is 0 Å². The maximum atomic E-state index is 4.40. The van der Waals surface area contributed by atoms with Crippen LogP contribution in [0.2, 0.25) is 0 Å². The third-order valence-corrected chi connectivity index (χ3v) is 12.4. The molecule has 0 aliphatic carbocycles. The number of thiophene rings is 1. The van der Waals surface area contributed by atoms with Crippen molar-refractivity contribution in [3.63, 3.8) is 0 Å². The molecule has 1 aromatic heterocycles. The lowest BCUT2D eigenvalue weighted by Crippen LogP contribution is -2.15. The summed E-state index contributed by atoms with van der Waals surface area (Å²) in [5.74, 6) is 0. The van der Waals surface area contributed by atoms with E-state index in [1.807, 2.05) is 17.4 Å². The van der Waals surface area contributed by atoms with Crippen molar-refractivity contribution in [2.45, 2.75) is 6.92 Å². The minimum Gasteiger partial charge on any atom is -0.309 e. The second-order valence-electron chi connectivity index (χ2n) is 14.5. The zero-order valence-corrected chi connectivity index (χ0v) is 32.5. The van der Waals surface area contributed by atoms with Gasteiger partial charge in [0.25, 0.3) is 0 Å². The Morgan fingerprint density at radius 1 is 0.491 bits per heavy atom. The number of anilines is 2. The van der Waals surface area contributed by atoms with Gasteiger partial charge in [-0.2, -0.15) is 0 Å². The first kappa shape index (κ1) is 34.5. The molecule has 0 aliphatic heterocycles. The average molecular weight is 746 g/mol. The van der Waals surface area contributed by atoms with Crippen molar-refractivity contribution in [1.82, 2.24) is 0 Å². The maximum absolute atomic E-state index is 4.40. The summed E-state index contributed by atoms with van der Waals surface area (Å²) in [4.78, 5) is 2.38. The van der Waals surface area contributed by atoms with E-state index in [1.54, 1.807) is 0 Å². The van der Waals surface area contributed by atoms with E-state index in [1.165, 1.54) is 80.3 Å². The Bertz CT molecular complexity index is 3210. The standard InChI is InChI=1S/C55H39NS/c1-3-41(33-32-37(2)43-24-12-19-39-18-7-8-22-44(39)43)56(53-30-15-29-52-51-23-9-10-31-54(51)57-55(52)53)42-21-11-20-40(36-42)46-26-14-28-48-47-27-13-25-45(38-16-5-4-6-17-38)49(47)34-35-50(46)48/h3-36H,1H2,2H3/b37-32+,41-33+. The number of benzene rings is 9. The Morgan fingerprint density at radius 2 is 1.09 bits per heavy atom. The first-order valence-corrected chi connectivity index (χ1v) is 20.3. The first-order valence-electron chi connectivity index (χ1n) is 19.5. The highest BCUT2D eigenvalue weighted by atomic mass is 32.1. The topological polar surface area (TPSA) is 3.24 Å². The van der Waals surface area contributed by atoms with Crippen molar-refractivity contribution in [2.24, 2.45) is 0 Å². The van der Waals surface area contributed by atoms with Crippen molar-refractivity contribution >= 4 is 80.8 Å². The van der Waals surface area contributed by atoms with Gasteiger partial charge in [0.2, 0.25) is 0 Å². The van der Waals surface area contributed by atoms with Crippen molar-refractivity contribution < 1.29 is 0 Å². The third kappa shape index (κ3) is 6.12. The Balaban J connectivity index is 1.15. The Hall–Kier alpha value is -7.00. The highest BCUT2D eigenvalue weighted by Gasteiger charge is 2.19. The molecule has 0 fully saturated rings. The summed E-state index contributed by atoms with van der Waals surface area (Å²) in [6.45, 7) is 6.60. The van der Waals surface area contributed by atoms with Crippen LogP contribution in [0.5, 0.6) is 0 Å². The van der Waals surface area contributed by atoms with Gasteiger partial charge < -0.3 is 4.90 Å². The molecular weight excluding hydrogens is 707 g/mol. The van der Waals surface area contributed by atoms with E-state index in [4.69, 9.17) is 0 Å². The summed E-state index contributed by atoms with van der Waals surface area (Å²) < 4.78 is 2.53. The summed E-state index contributed by atoms with van der Waals surface area (Å²) in [5.41, 5.74) is 10.5. The van der Waals surface area contributed by atoms with Crippen LogP contribution in [0.4, 0.5) is 11.4 Å². The second-order valence-corrected chi connectivity index (χ2v) is 15.6. The fourth-order valence-corrected chi connectivity index (χ4v) is 9.70. The van der Waals surface area contributed by atoms with Gasteiger partial charge in [0.1, 0.15) is 0 Å². The lowest BCUT2D eigenvalue weighted by atomic mass is 9.91. The molecule has 0 saturated heterocycles. The molecular formula is C55H39NS. The smallest absolute Gasteiger partial charge is 0.0640 e. The number of allylic oxidation sites excluding steroid dienone is 4. The van der Waals surface area contributed by atoms with E-state index in [-0.39, 0.29) is 0 Å². The van der Waals surface area contributed by atoms with Gasteiger partial charge in [0.05, 0.1) is 10.4 Å². The van der Waals surface area contributed by atoms with E-state index in [0.717, 1.165) is 22.6 Å². The number of rotatable bonds is 8. The molecule has 0 bridgehead atoms. The van der Waals surface area contributed by atoms with Crippen LogP contribution in [0.15, 0.2) is 219 Å². The predicted molar refractivity (Wildman–Crippen MR) is 250 cm³/mol. The van der Waals surface area contributed by atoms with Gasteiger partial charge in [-0.1, -0.05) is 176 Å². The van der Waals surface area contributed by atoms with Crippen LogP contribution < -0.4 is 4.90 Å². The summed E-state index contributed by atoms with van der Waals surface area (Å²) in [6.07, 6.45) is 6.44. The van der Waals surface area contributed by atoms with Crippen LogP contribution in [-0.4, -0.2) is 0 Å². The van der Waals surface area contributed by atoms with E-state index in [2.05, 4.69) is 219 Å². The van der Waals surface area contributed by atoms with Gasteiger partial charge in [-0.25, -0.2) is 0 Å². The van der Waals surface area contributed by atoms with Crippen molar-refractivity contribution in [1.29, 1.82) is 0 Å². The minimum atomic E-state index is 0.994. The summed E-state index contributed by atoms with van der Waals surface area (Å²) in [5, 5.41) is 10.0. The molecule has 0 unspecified atom stereocenters. The molecule has 0 spiro atoms. The summed E-state index contributed by atoms with van der Waals surface area (Å²) in [6, 6.07) is 68.2. The molecule has 10 rings (SSSR count). The molecule has 0 aliphatic rings. The summed E-state index contributed by atoms with van der Waals surface area (Å²) in [7, 11) is 0. The lowest BCUT2D eigenvalue weighted by molar-refractivity contribution is 1.23. The van der Waals surface area contributed by atoms with E-state index >= 15 is 0 Å². The average Bonchev–Trinajstić information content (AvgIpc) is 3.66. The molecule has 0 saturated carbocycles. The zero-order chi connectivity index (χ0) is 38.3. The molecule has 10 aromatic rings. The SMILES string of the molecule is C=C/C(=C\C=C(/C)c1cccc2ccccc12)N(c1cccc(-c2cccc3c2ccc2c(-c4ccccc4)cccc23)c1)c1cccc2c1sc1ccccc12. The van der Waals surface area contributed by atoms with Crippen LogP contribution in [-0.2, 0) is 0 Å². The maximum Gasteiger partial charge on any atom is 0.0640 e.